The van der Waals surface area contributed by atoms with Crippen molar-refractivity contribution in [3.8, 4) is 12.1 Å². The van der Waals surface area contributed by atoms with Crippen LogP contribution in [0.15, 0.2) is 36.7 Å². The van der Waals surface area contributed by atoms with Crippen LogP contribution in [0.1, 0.15) is 89.5 Å². The van der Waals surface area contributed by atoms with Crippen LogP contribution in [0.5, 0.6) is 6.01 Å². The fraction of sp³-hybridized carbons (Fsp3) is 0.600. The molecule has 1 aromatic heterocycles. The van der Waals surface area contributed by atoms with Gasteiger partial charge in [0, 0.05) is 36.3 Å². The van der Waals surface area contributed by atoms with Crippen molar-refractivity contribution in [1.82, 2.24) is 19.8 Å². The Labute approximate surface area is 275 Å². The third-order valence-corrected chi connectivity index (χ3v) is 8.81. The maximum absolute atomic E-state index is 13.6. The highest BCUT2D eigenvalue weighted by molar-refractivity contribution is 6.31. The number of halogens is 2. The molecule has 3 atom stereocenters. The summed E-state index contributed by atoms with van der Waals surface area (Å²) in [7, 11) is 3.73. The largest absolute Gasteiger partial charge is 0.467 e. The van der Waals surface area contributed by atoms with E-state index in [2.05, 4.69) is 50.3 Å². The second kappa shape index (κ2) is 19.3. The molecule has 3 heterocycles. The molecule has 248 valence electrons. The number of aromatic nitrogens is 2. The number of nitriles is 1. The minimum absolute atomic E-state index is 0.0853. The zero-order valence-electron chi connectivity index (χ0n) is 28.3. The van der Waals surface area contributed by atoms with Crippen molar-refractivity contribution in [1.29, 1.82) is 5.26 Å². The predicted octanol–water partition coefficient (Wildman–Crippen LogP) is 7.37. The van der Waals surface area contributed by atoms with Crippen molar-refractivity contribution in [2.24, 2.45) is 0 Å². The molecule has 0 saturated carbocycles. The average Bonchev–Trinajstić information content (AvgIpc) is 3.43. The molecule has 0 N–H and O–H groups in total. The molecule has 1 aromatic carbocycles. The van der Waals surface area contributed by atoms with E-state index in [1.54, 1.807) is 7.11 Å². The number of amides is 1. The van der Waals surface area contributed by atoms with Crippen molar-refractivity contribution >= 4 is 23.3 Å². The smallest absolute Gasteiger partial charge is 0.318 e. The Morgan fingerprint density at radius 1 is 1.22 bits per heavy atom. The van der Waals surface area contributed by atoms with Gasteiger partial charge in [-0.1, -0.05) is 70.5 Å². The fourth-order valence-electron chi connectivity index (χ4n) is 5.76. The lowest BCUT2D eigenvalue weighted by molar-refractivity contribution is -0.131. The molecule has 1 amide bonds. The van der Waals surface area contributed by atoms with E-state index in [1.165, 1.54) is 24.3 Å². The van der Waals surface area contributed by atoms with Crippen LogP contribution in [0.3, 0.4) is 0 Å². The summed E-state index contributed by atoms with van der Waals surface area (Å²) in [5.74, 6) is -0.919. The highest BCUT2D eigenvalue weighted by Gasteiger charge is 2.34. The number of anilines is 1. The van der Waals surface area contributed by atoms with Crippen LogP contribution < -0.4 is 9.64 Å². The van der Waals surface area contributed by atoms with Gasteiger partial charge in [-0.05, 0) is 70.2 Å². The molecule has 10 heteroatoms. The number of nitrogens with zero attached hydrogens (tertiary/aromatic N) is 6. The lowest BCUT2D eigenvalue weighted by Gasteiger charge is -2.41. The summed E-state index contributed by atoms with van der Waals surface area (Å²) >= 11 is 6.37. The van der Waals surface area contributed by atoms with E-state index in [0.29, 0.717) is 13.1 Å². The first-order valence-corrected chi connectivity index (χ1v) is 16.6. The molecule has 0 aliphatic carbocycles. The van der Waals surface area contributed by atoms with Crippen molar-refractivity contribution < 1.29 is 13.9 Å². The van der Waals surface area contributed by atoms with E-state index in [0.717, 1.165) is 59.4 Å². The van der Waals surface area contributed by atoms with Crippen LogP contribution in [-0.2, 0) is 17.6 Å². The predicted molar refractivity (Wildman–Crippen MR) is 182 cm³/mol. The van der Waals surface area contributed by atoms with Crippen LogP contribution >= 0.6 is 11.6 Å². The van der Waals surface area contributed by atoms with Gasteiger partial charge >= 0.3 is 6.01 Å². The van der Waals surface area contributed by atoms with Crippen molar-refractivity contribution in [3.05, 3.63) is 58.5 Å². The Kier molecular flexibility index (Phi) is 16.3. The quantitative estimate of drug-likeness (QED) is 0.250. The first-order valence-electron chi connectivity index (χ1n) is 16.3. The summed E-state index contributed by atoms with van der Waals surface area (Å²) in [6.45, 7) is 16.1. The van der Waals surface area contributed by atoms with E-state index in [9.17, 15) is 14.4 Å². The molecular formula is C35H52ClFN6O2. The van der Waals surface area contributed by atoms with Gasteiger partial charge in [-0.3, -0.25) is 4.79 Å². The Balaban J connectivity index is 0.000000679. The number of carbonyl (C=O) groups excluding carboxylic acids is 1. The van der Waals surface area contributed by atoms with Gasteiger partial charge in [-0.15, -0.1) is 0 Å². The molecule has 8 nitrogen and oxygen atoms in total. The third kappa shape index (κ3) is 10.7. The maximum atomic E-state index is 13.6. The standard InChI is InChI=1S/C27H33ClFN5O2.C6H13N.C2H6/c1-5-8-22-24(18(2)11-12-20-9-6-7-10-23(20)28)31-27(36-4)32-25(22)33-15-16-34(26(35)19(3)29)21(17-33)13-14-30;1-6-4-3-5-7(6)2;1-2/h6-7,9-10,18,21H,3,5,8,11-13,15-17H2,1-2,4H3;6H,3-5H2,1-2H3;1-2H3/t18-,21?;;/m1../s1. The Morgan fingerprint density at radius 3 is 2.47 bits per heavy atom. The van der Waals surface area contributed by atoms with Crippen LogP contribution in [0, 0.1) is 11.3 Å². The zero-order valence-corrected chi connectivity index (χ0v) is 29.0. The third-order valence-electron chi connectivity index (χ3n) is 8.44. The molecule has 2 aromatic rings. The van der Waals surface area contributed by atoms with E-state index in [1.807, 2.05) is 38.1 Å². The monoisotopic (exact) mass is 642 g/mol. The van der Waals surface area contributed by atoms with Gasteiger partial charge in [0.05, 0.1) is 31.3 Å². The van der Waals surface area contributed by atoms with Crippen LogP contribution in [-0.4, -0.2) is 78.1 Å². The normalized spacial score (nSPS) is 18.6. The number of hydrogen-bond acceptors (Lipinski definition) is 7. The number of piperazine rings is 1. The average molecular weight is 643 g/mol. The molecule has 2 saturated heterocycles. The second-order valence-electron chi connectivity index (χ2n) is 11.5. The summed E-state index contributed by atoms with van der Waals surface area (Å²) in [6.07, 6.45) is 6.21. The Bertz CT molecular complexity index is 1280. The minimum Gasteiger partial charge on any atom is -0.467 e. The van der Waals surface area contributed by atoms with E-state index in [-0.39, 0.29) is 24.9 Å². The Hall–Kier alpha value is -3.22. The highest BCUT2D eigenvalue weighted by Crippen LogP contribution is 2.34. The van der Waals surface area contributed by atoms with Crippen molar-refractivity contribution in [2.75, 3.05) is 45.2 Å². The number of benzene rings is 1. The summed E-state index contributed by atoms with van der Waals surface area (Å²) in [6, 6.07) is 10.6. The summed E-state index contributed by atoms with van der Waals surface area (Å²) in [4.78, 5) is 27.6. The molecule has 2 aliphatic heterocycles. The summed E-state index contributed by atoms with van der Waals surface area (Å²) in [5, 5.41) is 10.1. The molecule has 0 radical (unpaired) electrons. The number of ether oxygens (including phenoxy) is 1. The molecule has 2 fully saturated rings. The molecule has 2 unspecified atom stereocenters. The van der Waals surface area contributed by atoms with Gasteiger partial charge in [0.1, 0.15) is 5.82 Å². The maximum Gasteiger partial charge on any atom is 0.318 e. The number of rotatable bonds is 10. The van der Waals surface area contributed by atoms with Crippen LogP contribution in [0.25, 0.3) is 0 Å². The minimum atomic E-state index is -1.02. The molecular weight excluding hydrogens is 591 g/mol. The van der Waals surface area contributed by atoms with Crippen molar-refractivity contribution in [3.63, 3.8) is 0 Å². The van der Waals surface area contributed by atoms with Crippen LogP contribution in [0.2, 0.25) is 5.02 Å². The topological polar surface area (TPSA) is 85.6 Å². The number of aryl methyl sites for hydroxylation is 1. The van der Waals surface area contributed by atoms with Gasteiger partial charge in [-0.2, -0.15) is 15.2 Å². The van der Waals surface area contributed by atoms with E-state index >= 15 is 0 Å². The van der Waals surface area contributed by atoms with Crippen LogP contribution in [0.4, 0.5) is 10.2 Å². The first kappa shape index (κ1) is 38.0. The van der Waals surface area contributed by atoms with Gasteiger partial charge in [0.25, 0.3) is 5.91 Å². The Morgan fingerprint density at radius 2 is 1.93 bits per heavy atom. The highest BCUT2D eigenvalue weighted by atomic mass is 35.5. The van der Waals surface area contributed by atoms with E-state index < -0.39 is 17.8 Å². The fourth-order valence-corrected chi connectivity index (χ4v) is 5.99. The number of methoxy groups -OCH3 is 1. The molecule has 4 rings (SSSR count). The lowest BCUT2D eigenvalue weighted by atomic mass is 9.93. The molecule has 0 bridgehead atoms. The summed E-state index contributed by atoms with van der Waals surface area (Å²) < 4.78 is 19.1. The lowest BCUT2D eigenvalue weighted by Crippen LogP contribution is -2.55. The molecule has 0 spiro atoms. The second-order valence-corrected chi connectivity index (χ2v) is 11.9. The van der Waals surface area contributed by atoms with Gasteiger partial charge in [0.15, 0.2) is 5.83 Å². The number of likely N-dealkylation sites (tertiary alicyclic amines) is 1. The number of hydrogen-bond donors (Lipinski definition) is 0. The van der Waals surface area contributed by atoms with Crippen molar-refractivity contribution in [2.45, 2.75) is 97.6 Å². The zero-order chi connectivity index (χ0) is 33.5. The van der Waals surface area contributed by atoms with Gasteiger partial charge < -0.3 is 19.4 Å². The molecule has 2 aliphatic rings. The van der Waals surface area contributed by atoms with Gasteiger partial charge in [-0.25, -0.2) is 4.39 Å². The van der Waals surface area contributed by atoms with Gasteiger partial charge in [0.2, 0.25) is 0 Å². The summed E-state index contributed by atoms with van der Waals surface area (Å²) in [5.41, 5.74) is 3.06. The first-order chi connectivity index (χ1) is 21.6. The molecule has 45 heavy (non-hydrogen) atoms. The number of carbonyl (C=O) groups is 1. The van der Waals surface area contributed by atoms with E-state index in [4.69, 9.17) is 26.3 Å². The SMILES string of the molecule is C=C(F)C(=O)N1CCN(c2nc(OC)nc([C@H](C)CCc3ccccc3Cl)c2CCC)CC1CC#N.CC.CC1CCCN1C.